The molecule has 0 radical (unpaired) electrons. The van der Waals surface area contributed by atoms with Crippen LogP contribution in [0.1, 0.15) is 30.7 Å². The Labute approximate surface area is 173 Å². The SMILES string of the molecule is CCNC(=NCc1ccccc1COCC)NCCc1ccccn1.I. The van der Waals surface area contributed by atoms with Crippen molar-refractivity contribution in [2.24, 2.45) is 4.99 Å². The van der Waals surface area contributed by atoms with Crippen molar-refractivity contribution in [1.82, 2.24) is 15.6 Å². The Hall–Kier alpha value is -1.67. The average molecular weight is 468 g/mol. The van der Waals surface area contributed by atoms with E-state index in [2.05, 4.69) is 34.7 Å². The molecule has 0 bridgehead atoms. The van der Waals surface area contributed by atoms with Crippen LogP contribution in [0, 0.1) is 0 Å². The first-order chi connectivity index (χ1) is 12.3. The standard InChI is InChI=1S/C20H28N4O.HI/c1-3-21-20(23-14-12-19-11-7-8-13-22-19)24-15-17-9-5-6-10-18(17)16-25-4-2;/h5-11,13H,3-4,12,14-16H2,1-2H3,(H2,21,23,24);1H. The molecule has 0 fully saturated rings. The van der Waals surface area contributed by atoms with Crippen LogP contribution < -0.4 is 10.6 Å². The average Bonchev–Trinajstić information content (AvgIpc) is 2.66. The van der Waals surface area contributed by atoms with E-state index in [1.54, 1.807) is 0 Å². The lowest BCUT2D eigenvalue weighted by Gasteiger charge is -2.12. The maximum atomic E-state index is 5.54. The van der Waals surface area contributed by atoms with Gasteiger partial charge in [-0.1, -0.05) is 30.3 Å². The Balaban J connectivity index is 0.00000338. The number of hydrogen-bond acceptors (Lipinski definition) is 3. The van der Waals surface area contributed by atoms with Crippen molar-refractivity contribution in [2.45, 2.75) is 33.4 Å². The van der Waals surface area contributed by atoms with Crippen LogP contribution in [0.3, 0.4) is 0 Å². The zero-order valence-electron chi connectivity index (χ0n) is 15.6. The number of halogens is 1. The van der Waals surface area contributed by atoms with Gasteiger partial charge in [0.1, 0.15) is 0 Å². The summed E-state index contributed by atoms with van der Waals surface area (Å²) in [6.45, 7) is 7.68. The molecule has 2 N–H and O–H groups in total. The number of rotatable bonds is 9. The fraction of sp³-hybridized carbons (Fsp3) is 0.400. The van der Waals surface area contributed by atoms with E-state index in [4.69, 9.17) is 9.73 Å². The van der Waals surface area contributed by atoms with Crippen molar-refractivity contribution >= 4 is 29.9 Å². The minimum absolute atomic E-state index is 0. The molecule has 26 heavy (non-hydrogen) atoms. The quantitative estimate of drug-likeness (QED) is 0.336. The molecule has 2 aromatic rings. The lowest BCUT2D eigenvalue weighted by Crippen LogP contribution is -2.38. The molecule has 0 aliphatic carbocycles. The van der Waals surface area contributed by atoms with Crippen molar-refractivity contribution in [2.75, 3.05) is 19.7 Å². The zero-order chi connectivity index (χ0) is 17.7. The predicted molar refractivity (Wildman–Crippen MR) is 118 cm³/mol. The first-order valence-electron chi connectivity index (χ1n) is 8.90. The number of nitrogens with zero attached hydrogens (tertiary/aromatic N) is 2. The van der Waals surface area contributed by atoms with Gasteiger partial charge in [0.2, 0.25) is 0 Å². The van der Waals surface area contributed by atoms with Crippen molar-refractivity contribution in [3.05, 3.63) is 65.5 Å². The van der Waals surface area contributed by atoms with Crippen LogP contribution in [0.4, 0.5) is 0 Å². The molecule has 1 heterocycles. The van der Waals surface area contributed by atoms with E-state index in [9.17, 15) is 0 Å². The monoisotopic (exact) mass is 468 g/mol. The van der Waals surface area contributed by atoms with Gasteiger partial charge in [-0.25, -0.2) is 4.99 Å². The number of guanidine groups is 1. The summed E-state index contributed by atoms with van der Waals surface area (Å²) in [5.41, 5.74) is 3.46. The van der Waals surface area contributed by atoms with Crippen LogP contribution in [0.5, 0.6) is 0 Å². The van der Waals surface area contributed by atoms with Gasteiger partial charge in [-0.05, 0) is 37.1 Å². The molecule has 1 aromatic heterocycles. The normalized spacial score (nSPS) is 10.9. The number of hydrogen-bond donors (Lipinski definition) is 2. The summed E-state index contributed by atoms with van der Waals surface area (Å²) in [5, 5.41) is 6.66. The Bertz CT molecular complexity index is 649. The van der Waals surface area contributed by atoms with Crippen molar-refractivity contribution in [3.8, 4) is 0 Å². The molecule has 142 valence electrons. The van der Waals surface area contributed by atoms with E-state index in [0.717, 1.165) is 37.8 Å². The van der Waals surface area contributed by atoms with Gasteiger partial charge in [-0.3, -0.25) is 4.98 Å². The second-order valence-electron chi connectivity index (χ2n) is 5.60. The van der Waals surface area contributed by atoms with E-state index in [0.29, 0.717) is 13.2 Å². The van der Waals surface area contributed by atoms with Crippen LogP contribution in [0.15, 0.2) is 53.7 Å². The van der Waals surface area contributed by atoms with Gasteiger partial charge in [0.15, 0.2) is 5.96 Å². The third kappa shape index (κ3) is 8.14. The van der Waals surface area contributed by atoms with Crippen LogP contribution in [0.25, 0.3) is 0 Å². The molecule has 0 saturated heterocycles. The largest absolute Gasteiger partial charge is 0.377 e. The smallest absolute Gasteiger partial charge is 0.191 e. The highest BCUT2D eigenvalue weighted by Crippen LogP contribution is 2.11. The maximum Gasteiger partial charge on any atom is 0.191 e. The fourth-order valence-electron chi connectivity index (χ4n) is 2.43. The summed E-state index contributed by atoms with van der Waals surface area (Å²) in [5.74, 6) is 0.824. The molecular weight excluding hydrogens is 439 g/mol. The molecule has 2 rings (SSSR count). The topological polar surface area (TPSA) is 58.5 Å². The lowest BCUT2D eigenvalue weighted by atomic mass is 10.1. The van der Waals surface area contributed by atoms with E-state index >= 15 is 0 Å². The molecule has 0 aliphatic heterocycles. The van der Waals surface area contributed by atoms with Crippen LogP contribution in [0.2, 0.25) is 0 Å². The van der Waals surface area contributed by atoms with Gasteiger partial charge < -0.3 is 15.4 Å². The Kier molecular flexibility index (Phi) is 11.6. The highest BCUT2D eigenvalue weighted by atomic mass is 127. The van der Waals surface area contributed by atoms with Crippen LogP contribution in [-0.2, 0) is 24.3 Å². The van der Waals surface area contributed by atoms with Crippen LogP contribution >= 0.6 is 24.0 Å². The summed E-state index contributed by atoms with van der Waals surface area (Å²) in [6.07, 6.45) is 2.69. The maximum absolute atomic E-state index is 5.54. The van der Waals surface area contributed by atoms with Gasteiger partial charge in [0.05, 0.1) is 13.2 Å². The molecule has 0 unspecified atom stereocenters. The molecule has 0 spiro atoms. The minimum Gasteiger partial charge on any atom is -0.377 e. The Morgan fingerprint density at radius 1 is 1.04 bits per heavy atom. The van der Waals surface area contributed by atoms with E-state index in [1.165, 1.54) is 11.1 Å². The molecule has 0 aliphatic rings. The molecule has 0 saturated carbocycles. The highest BCUT2D eigenvalue weighted by Gasteiger charge is 2.03. The van der Waals surface area contributed by atoms with Crippen molar-refractivity contribution in [3.63, 3.8) is 0 Å². The van der Waals surface area contributed by atoms with Gasteiger partial charge in [-0.15, -0.1) is 24.0 Å². The first-order valence-corrected chi connectivity index (χ1v) is 8.90. The van der Waals surface area contributed by atoms with Gasteiger partial charge in [0, 0.05) is 38.0 Å². The zero-order valence-corrected chi connectivity index (χ0v) is 17.9. The Morgan fingerprint density at radius 2 is 1.81 bits per heavy atom. The van der Waals surface area contributed by atoms with Gasteiger partial charge in [-0.2, -0.15) is 0 Å². The summed E-state index contributed by atoms with van der Waals surface area (Å²) < 4.78 is 5.54. The first kappa shape index (κ1) is 22.4. The molecule has 0 atom stereocenters. The lowest BCUT2D eigenvalue weighted by molar-refractivity contribution is 0.133. The number of aliphatic imine (C=N–C) groups is 1. The predicted octanol–water partition coefficient (Wildman–Crippen LogP) is 3.53. The summed E-state index contributed by atoms with van der Waals surface area (Å²) in [6, 6.07) is 14.3. The van der Waals surface area contributed by atoms with Gasteiger partial charge >= 0.3 is 0 Å². The number of nitrogens with one attached hydrogen (secondary N) is 2. The van der Waals surface area contributed by atoms with Crippen molar-refractivity contribution in [1.29, 1.82) is 0 Å². The third-order valence-corrected chi connectivity index (χ3v) is 3.73. The van der Waals surface area contributed by atoms with E-state index in [1.807, 2.05) is 43.5 Å². The molecule has 5 nitrogen and oxygen atoms in total. The number of pyridine rings is 1. The molecule has 0 amide bonds. The number of ether oxygens (including phenoxy) is 1. The van der Waals surface area contributed by atoms with Crippen LogP contribution in [-0.4, -0.2) is 30.6 Å². The minimum atomic E-state index is 0. The second kappa shape index (κ2) is 13.5. The molecular formula is C20H29IN4O. The summed E-state index contributed by atoms with van der Waals surface area (Å²) in [4.78, 5) is 9.04. The number of aromatic nitrogens is 1. The summed E-state index contributed by atoms with van der Waals surface area (Å²) >= 11 is 0. The second-order valence-corrected chi connectivity index (χ2v) is 5.60. The Morgan fingerprint density at radius 3 is 2.50 bits per heavy atom. The fourth-order valence-corrected chi connectivity index (χ4v) is 2.43. The van der Waals surface area contributed by atoms with E-state index in [-0.39, 0.29) is 24.0 Å². The van der Waals surface area contributed by atoms with Crippen molar-refractivity contribution < 1.29 is 4.74 Å². The highest BCUT2D eigenvalue weighted by molar-refractivity contribution is 14.0. The molecule has 6 heteroatoms. The summed E-state index contributed by atoms with van der Waals surface area (Å²) in [7, 11) is 0. The molecule has 1 aromatic carbocycles. The number of benzene rings is 1. The van der Waals surface area contributed by atoms with Gasteiger partial charge in [0.25, 0.3) is 0 Å². The van der Waals surface area contributed by atoms with E-state index < -0.39 is 0 Å². The third-order valence-electron chi connectivity index (χ3n) is 3.73.